The van der Waals surface area contributed by atoms with Crippen LogP contribution < -0.4 is 0 Å². The Morgan fingerprint density at radius 1 is 0.842 bits per heavy atom. The minimum absolute atomic E-state index is 0.299. The first kappa shape index (κ1) is 18.7. The van der Waals surface area contributed by atoms with Gasteiger partial charge in [-0.1, -0.05) is 13.3 Å². The molecule has 0 heterocycles. The molecule has 0 aliphatic heterocycles. The van der Waals surface area contributed by atoms with Crippen LogP contribution in [-0.2, 0) is 14.3 Å². The van der Waals surface area contributed by atoms with Gasteiger partial charge in [0.15, 0.2) is 0 Å². The third kappa shape index (κ3) is 13.9. The highest BCUT2D eigenvalue weighted by Gasteiger charge is 2.02. The fourth-order valence-electron chi connectivity index (χ4n) is 1.75. The number of rotatable bonds is 14. The molecule has 0 N–H and O–H groups in total. The van der Waals surface area contributed by atoms with Crippen molar-refractivity contribution in [1.82, 2.24) is 0 Å². The number of unbranched alkanes of at least 4 members (excludes halogenated alkanes) is 1. The van der Waals surface area contributed by atoms with Crippen LogP contribution in [0.1, 0.15) is 64.7 Å². The van der Waals surface area contributed by atoms with Gasteiger partial charge in [-0.3, -0.25) is 9.59 Å². The molecule has 0 fully saturated rings. The third-order valence-corrected chi connectivity index (χ3v) is 3.23. The van der Waals surface area contributed by atoms with Crippen LogP contribution in [0.25, 0.3) is 0 Å². The van der Waals surface area contributed by atoms with Crippen LogP contribution in [-0.4, -0.2) is 30.5 Å². The molecule has 0 bridgehead atoms. The summed E-state index contributed by atoms with van der Waals surface area (Å²) in [5, 5.41) is 0. The Bertz CT molecular complexity index is 218. The van der Waals surface area contributed by atoms with Gasteiger partial charge in [-0.15, -0.1) is 0 Å². The lowest BCUT2D eigenvalue weighted by atomic mass is 10.1. The number of Topliss-reactive ketones (excluding diaryl/α,β-unsaturated/α-hetero) is 2. The van der Waals surface area contributed by atoms with Gasteiger partial charge in [-0.05, 0) is 31.4 Å². The van der Waals surface area contributed by atoms with Crippen molar-refractivity contribution < 1.29 is 14.3 Å². The van der Waals surface area contributed by atoms with Crippen molar-refractivity contribution in [3.63, 3.8) is 0 Å². The summed E-state index contributed by atoms with van der Waals surface area (Å²) < 4.78 is 5.42. The van der Waals surface area contributed by atoms with Crippen molar-refractivity contribution in [2.75, 3.05) is 19.0 Å². The van der Waals surface area contributed by atoms with E-state index in [-0.39, 0.29) is 0 Å². The predicted molar refractivity (Wildman–Crippen MR) is 81.9 cm³/mol. The summed E-state index contributed by atoms with van der Waals surface area (Å²) in [6.45, 7) is 3.34. The van der Waals surface area contributed by atoms with Crippen LogP contribution >= 0.6 is 12.6 Å². The Morgan fingerprint density at radius 2 is 1.32 bits per heavy atom. The lowest BCUT2D eigenvalue weighted by Gasteiger charge is -2.04. The molecule has 0 amide bonds. The van der Waals surface area contributed by atoms with E-state index in [1.165, 1.54) is 0 Å². The number of ketones is 2. The number of hydrogen-bond donors (Lipinski definition) is 1. The van der Waals surface area contributed by atoms with Crippen LogP contribution in [0.5, 0.6) is 0 Å². The first-order chi connectivity index (χ1) is 9.20. The van der Waals surface area contributed by atoms with Crippen molar-refractivity contribution in [3.8, 4) is 0 Å². The van der Waals surface area contributed by atoms with Gasteiger partial charge in [-0.25, -0.2) is 0 Å². The first-order valence-corrected chi connectivity index (χ1v) is 8.06. The number of ether oxygens (including phenoxy) is 1. The number of carbonyl (C=O) groups excluding carboxylic acids is 2. The summed E-state index contributed by atoms with van der Waals surface area (Å²) in [6.07, 6.45) is 7.08. The molecule has 0 saturated heterocycles. The lowest BCUT2D eigenvalue weighted by Crippen LogP contribution is -2.04. The van der Waals surface area contributed by atoms with Gasteiger partial charge in [0, 0.05) is 38.9 Å². The predicted octanol–water partition coefficient (Wildman–Crippen LogP) is 3.60. The Balaban J connectivity index is 3.22. The standard InChI is InChI=1S/C15H28O3S/c1-2-3-7-14(16)8-4-11-18-12-5-9-15(17)10-6-13-19/h19H,2-13H2,1H3. The fraction of sp³-hybridized carbons (Fsp3) is 0.867. The van der Waals surface area contributed by atoms with Gasteiger partial charge >= 0.3 is 0 Å². The summed E-state index contributed by atoms with van der Waals surface area (Å²) in [7, 11) is 0. The van der Waals surface area contributed by atoms with Crippen molar-refractivity contribution in [1.29, 1.82) is 0 Å². The number of hydrogen-bond acceptors (Lipinski definition) is 4. The van der Waals surface area contributed by atoms with Crippen LogP contribution in [0.3, 0.4) is 0 Å². The third-order valence-electron chi connectivity index (χ3n) is 2.91. The molecule has 3 nitrogen and oxygen atoms in total. The summed E-state index contributed by atoms with van der Waals surface area (Å²) >= 11 is 4.08. The Morgan fingerprint density at radius 3 is 1.79 bits per heavy atom. The molecular formula is C15H28O3S. The molecule has 19 heavy (non-hydrogen) atoms. The van der Waals surface area contributed by atoms with Gasteiger partial charge < -0.3 is 4.74 Å². The number of thiol groups is 1. The van der Waals surface area contributed by atoms with E-state index in [2.05, 4.69) is 19.6 Å². The summed E-state index contributed by atoms with van der Waals surface area (Å²) in [4.78, 5) is 22.7. The van der Waals surface area contributed by atoms with E-state index in [1.54, 1.807) is 0 Å². The second kappa shape index (κ2) is 14.1. The van der Waals surface area contributed by atoms with Crippen molar-refractivity contribution in [2.45, 2.75) is 64.7 Å². The van der Waals surface area contributed by atoms with Crippen LogP contribution in [0, 0.1) is 0 Å². The molecule has 0 rings (SSSR count). The highest BCUT2D eigenvalue weighted by molar-refractivity contribution is 7.80. The highest BCUT2D eigenvalue weighted by atomic mass is 32.1. The molecule has 4 heteroatoms. The van der Waals surface area contributed by atoms with E-state index >= 15 is 0 Å². The van der Waals surface area contributed by atoms with Gasteiger partial charge in [0.25, 0.3) is 0 Å². The molecule has 0 unspecified atom stereocenters. The van der Waals surface area contributed by atoms with Gasteiger partial charge in [-0.2, -0.15) is 12.6 Å². The van der Waals surface area contributed by atoms with E-state index < -0.39 is 0 Å². The normalized spacial score (nSPS) is 10.6. The maximum atomic E-state index is 11.4. The van der Waals surface area contributed by atoms with Crippen molar-refractivity contribution in [2.24, 2.45) is 0 Å². The molecule has 0 atom stereocenters. The Kier molecular flexibility index (Phi) is 13.8. The van der Waals surface area contributed by atoms with Gasteiger partial charge in [0.2, 0.25) is 0 Å². The van der Waals surface area contributed by atoms with E-state index in [9.17, 15) is 9.59 Å². The molecule has 112 valence electrons. The average Bonchev–Trinajstić information content (AvgIpc) is 2.41. The largest absolute Gasteiger partial charge is 0.381 e. The van der Waals surface area contributed by atoms with E-state index in [1.807, 2.05) is 0 Å². The zero-order valence-electron chi connectivity index (χ0n) is 12.2. The molecule has 0 radical (unpaired) electrons. The Labute approximate surface area is 122 Å². The molecule has 0 aliphatic rings. The maximum absolute atomic E-state index is 11.4. The second-order valence-electron chi connectivity index (χ2n) is 4.83. The molecule has 0 aromatic rings. The first-order valence-electron chi connectivity index (χ1n) is 7.42. The maximum Gasteiger partial charge on any atom is 0.133 e. The van der Waals surface area contributed by atoms with E-state index in [0.717, 1.165) is 37.9 Å². The second-order valence-corrected chi connectivity index (χ2v) is 5.27. The Hall–Kier alpha value is -0.350. The molecule has 0 aliphatic carbocycles. The molecular weight excluding hydrogens is 260 g/mol. The average molecular weight is 288 g/mol. The monoisotopic (exact) mass is 288 g/mol. The van der Waals surface area contributed by atoms with Crippen molar-refractivity contribution >= 4 is 24.2 Å². The minimum atomic E-state index is 0.299. The lowest BCUT2D eigenvalue weighted by molar-refractivity contribution is -0.119. The molecule has 0 aromatic carbocycles. The topological polar surface area (TPSA) is 43.4 Å². The highest BCUT2D eigenvalue weighted by Crippen LogP contribution is 2.03. The fourth-order valence-corrected chi connectivity index (χ4v) is 1.90. The zero-order chi connectivity index (χ0) is 14.3. The minimum Gasteiger partial charge on any atom is -0.381 e. The van der Waals surface area contributed by atoms with E-state index in [0.29, 0.717) is 50.5 Å². The summed E-state index contributed by atoms with van der Waals surface area (Å²) in [5.74, 6) is 1.41. The van der Waals surface area contributed by atoms with Crippen LogP contribution in [0.15, 0.2) is 0 Å². The summed E-state index contributed by atoms with van der Waals surface area (Å²) in [5.41, 5.74) is 0. The molecule has 0 spiro atoms. The number of carbonyl (C=O) groups is 2. The molecule has 0 aromatic heterocycles. The van der Waals surface area contributed by atoms with Crippen molar-refractivity contribution in [3.05, 3.63) is 0 Å². The summed E-state index contributed by atoms with van der Waals surface area (Å²) in [6, 6.07) is 0. The molecule has 0 saturated carbocycles. The van der Waals surface area contributed by atoms with Crippen LogP contribution in [0.4, 0.5) is 0 Å². The van der Waals surface area contributed by atoms with Gasteiger partial charge in [0.05, 0.1) is 0 Å². The SMILES string of the molecule is CCCCC(=O)CCCOCCCC(=O)CCCS. The quantitative estimate of drug-likeness (QED) is 0.392. The van der Waals surface area contributed by atoms with Gasteiger partial charge in [0.1, 0.15) is 11.6 Å². The van der Waals surface area contributed by atoms with Crippen LogP contribution in [0.2, 0.25) is 0 Å². The smallest absolute Gasteiger partial charge is 0.133 e. The van der Waals surface area contributed by atoms with E-state index in [4.69, 9.17) is 4.74 Å². The zero-order valence-corrected chi connectivity index (χ0v) is 13.1.